The Morgan fingerprint density at radius 3 is 1.58 bits per heavy atom. The zero-order valence-electron chi connectivity index (χ0n) is 13.9. The first-order valence-corrected chi connectivity index (χ1v) is 7.22. The van der Waals surface area contributed by atoms with Crippen molar-refractivity contribution in [3.8, 4) is 0 Å². The van der Waals surface area contributed by atoms with Crippen molar-refractivity contribution >= 4 is 12.7 Å². The average molecular weight is 266 g/mol. The Kier molecular flexibility index (Phi) is 20.5. The zero-order valence-corrected chi connectivity index (χ0v) is 13.9. The first-order chi connectivity index (χ1) is 8.95. The van der Waals surface area contributed by atoms with Gasteiger partial charge in [0.2, 0.25) is 0 Å². The van der Waals surface area contributed by atoms with Gasteiger partial charge in [0.25, 0.3) is 6.92 Å². The highest BCUT2D eigenvalue weighted by atomic mass is 16.2. The molecule has 1 N–H and O–H groups in total. The van der Waals surface area contributed by atoms with Gasteiger partial charge in [-0.1, -0.05) is 85.5 Å². The van der Waals surface area contributed by atoms with Crippen LogP contribution in [0.25, 0.3) is 0 Å². The van der Waals surface area contributed by atoms with Crippen LogP contribution >= 0.6 is 0 Å². The van der Waals surface area contributed by atoms with Gasteiger partial charge in [0.15, 0.2) is 5.78 Å². The van der Waals surface area contributed by atoms with E-state index in [0.29, 0.717) is 0 Å². The van der Waals surface area contributed by atoms with E-state index in [1.807, 2.05) is 71.9 Å². The topological polar surface area (TPSA) is 37.3 Å². The Morgan fingerprint density at radius 2 is 1.32 bits per heavy atom. The summed E-state index contributed by atoms with van der Waals surface area (Å²) in [5, 5.41) is 8.06. The van der Waals surface area contributed by atoms with Crippen LogP contribution in [0.2, 0.25) is 13.6 Å². The third-order valence-corrected chi connectivity index (χ3v) is 1.58. The molecule has 2 nitrogen and oxygen atoms in total. The molecule has 0 fully saturated rings. The van der Waals surface area contributed by atoms with Crippen LogP contribution < -0.4 is 0 Å². The quantitative estimate of drug-likeness (QED) is 0.616. The maximum Gasteiger partial charge on any atom is 0.282 e. The fraction of sp³-hybridized carbons (Fsp3) is 0.562. The van der Waals surface area contributed by atoms with Crippen LogP contribution in [0.5, 0.6) is 0 Å². The summed E-state index contributed by atoms with van der Waals surface area (Å²) in [6.07, 6.45) is 0. The van der Waals surface area contributed by atoms with Crippen LogP contribution in [0, 0.1) is 5.92 Å². The molecule has 1 aromatic carbocycles. The summed E-state index contributed by atoms with van der Waals surface area (Å²) < 4.78 is 0. The van der Waals surface area contributed by atoms with Crippen molar-refractivity contribution in [2.24, 2.45) is 5.92 Å². The molecule has 1 aromatic rings. The van der Waals surface area contributed by atoms with Crippen molar-refractivity contribution in [2.45, 2.75) is 55.2 Å². The number of hydrogen-bond donors (Lipinski definition) is 1. The number of rotatable bonds is 2. The minimum atomic E-state index is -0.167. The van der Waals surface area contributed by atoms with Crippen molar-refractivity contribution in [1.82, 2.24) is 0 Å². The molecule has 0 aliphatic rings. The number of carbonyl (C=O) groups excluding carboxylic acids is 1. The molecule has 0 bridgehead atoms. The fourth-order valence-electron chi connectivity index (χ4n) is 0.936. The van der Waals surface area contributed by atoms with Crippen LogP contribution in [0.4, 0.5) is 0 Å². The highest BCUT2D eigenvalue weighted by molar-refractivity contribution is 6.46. The third-order valence-electron chi connectivity index (χ3n) is 1.58. The normalized spacial score (nSPS) is 7.89. The maximum absolute atomic E-state index is 11.3. The zero-order chi connectivity index (χ0) is 15.8. The second kappa shape index (κ2) is 16.9. The Morgan fingerprint density at radius 1 is 1.00 bits per heavy atom. The molecule has 0 spiro atoms. The molecule has 0 unspecified atom stereocenters. The van der Waals surface area contributed by atoms with Crippen LogP contribution in [-0.4, -0.2) is 17.7 Å². The summed E-state index contributed by atoms with van der Waals surface area (Å²) >= 11 is 0. The van der Waals surface area contributed by atoms with Gasteiger partial charge in [-0.25, -0.2) is 0 Å². The van der Waals surface area contributed by atoms with E-state index in [1.54, 1.807) is 13.6 Å². The molecule has 0 amide bonds. The van der Waals surface area contributed by atoms with Gasteiger partial charge in [-0.2, -0.15) is 0 Å². The molecule has 1 rings (SSSR count). The van der Waals surface area contributed by atoms with Crippen molar-refractivity contribution < 1.29 is 9.82 Å². The minimum Gasteiger partial charge on any atom is -0.451 e. The van der Waals surface area contributed by atoms with Crippen LogP contribution in [0.3, 0.4) is 0 Å². The van der Waals surface area contributed by atoms with E-state index in [1.165, 1.54) is 0 Å². The van der Waals surface area contributed by atoms with E-state index in [-0.39, 0.29) is 18.6 Å². The van der Waals surface area contributed by atoms with Gasteiger partial charge in [-0.15, -0.1) is 0 Å². The first-order valence-electron chi connectivity index (χ1n) is 7.22. The summed E-state index contributed by atoms with van der Waals surface area (Å²) in [7, 11) is 0. The van der Waals surface area contributed by atoms with E-state index >= 15 is 0 Å². The van der Waals surface area contributed by atoms with Gasteiger partial charge in [-0.05, 0) is 0 Å². The van der Waals surface area contributed by atoms with Crippen LogP contribution in [0.15, 0.2) is 30.3 Å². The van der Waals surface area contributed by atoms with Gasteiger partial charge in [0.05, 0.1) is 0 Å². The summed E-state index contributed by atoms with van der Waals surface area (Å²) in [5.74, 6) is 0.308. The molecule has 0 heterocycles. The van der Waals surface area contributed by atoms with Gasteiger partial charge in [0.1, 0.15) is 0 Å². The number of carbonyl (C=O) groups is 1. The SMILES string of the molecule is CB(C)O.CC.CC.CC(C)C(=O)c1ccccc1. The Hall–Kier alpha value is -1.09. The summed E-state index contributed by atoms with van der Waals surface area (Å²) in [6.45, 7) is 15.1. The molecule has 110 valence electrons. The second-order valence-corrected chi connectivity index (χ2v) is 3.98. The lowest BCUT2D eigenvalue weighted by Gasteiger charge is -2.01. The molecule has 3 heteroatoms. The van der Waals surface area contributed by atoms with Crippen molar-refractivity contribution in [1.29, 1.82) is 0 Å². The van der Waals surface area contributed by atoms with Gasteiger partial charge in [0, 0.05) is 11.5 Å². The molecular weight excluding hydrogens is 235 g/mol. The van der Waals surface area contributed by atoms with Gasteiger partial charge < -0.3 is 5.02 Å². The van der Waals surface area contributed by atoms with Gasteiger partial charge in [-0.3, -0.25) is 4.79 Å². The number of hydrogen-bond acceptors (Lipinski definition) is 2. The Bertz CT molecular complexity index is 279. The smallest absolute Gasteiger partial charge is 0.282 e. The lowest BCUT2D eigenvalue weighted by atomic mass is 9.76. The molecule has 0 atom stereocenters. The minimum absolute atomic E-state index is 0.0948. The third kappa shape index (κ3) is 16.9. The lowest BCUT2D eigenvalue weighted by molar-refractivity contribution is 0.0939. The standard InChI is InChI=1S/C10H12O.C2H7BO.2C2H6/c1-8(2)10(11)9-6-4-3-5-7-9;1-3(2)4;2*1-2/h3-8H,1-2H3;4H,1-2H3;2*1-2H3. The highest BCUT2D eigenvalue weighted by Crippen LogP contribution is 2.06. The van der Waals surface area contributed by atoms with E-state index in [0.717, 1.165) is 5.56 Å². The van der Waals surface area contributed by atoms with E-state index in [9.17, 15) is 4.79 Å². The Labute approximate surface area is 120 Å². The number of Topliss-reactive ketones (excluding diaryl/α,β-unsaturated/α-hetero) is 1. The van der Waals surface area contributed by atoms with Crippen LogP contribution in [-0.2, 0) is 0 Å². The molecule has 0 saturated heterocycles. The second-order valence-electron chi connectivity index (χ2n) is 3.98. The number of benzene rings is 1. The first kappa shape index (κ1) is 23.0. The molecule has 0 aromatic heterocycles. The number of ketones is 1. The lowest BCUT2D eigenvalue weighted by Crippen LogP contribution is -2.06. The maximum atomic E-state index is 11.3. The molecule has 0 aliphatic carbocycles. The molecule has 19 heavy (non-hydrogen) atoms. The highest BCUT2D eigenvalue weighted by Gasteiger charge is 2.08. The average Bonchev–Trinajstić information content (AvgIpc) is 2.42. The molecule has 0 radical (unpaired) electrons. The largest absolute Gasteiger partial charge is 0.451 e. The summed E-state index contributed by atoms with van der Waals surface area (Å²) in [5.41, 5.74) is 0.808. The predicted molar refractivity (Wildman–Crippen MR) is 88.0 cm³/mol. The van der Waals surface area contributed by atoms with E-state index in [4.69, 9.17) is 5.02 Å². The molecular formula is C16H31BO2. The monoisotopic (exact) mass is 266 g/mol. The van der Waals surface area contributed by atoms with Crippen molar-refractivity contribution in [3.05, 3.63) is 35.9 Å². The predicted octanol–water partition coefficient (Wildman–Crippen LogP) is 4.81. The van der Waals surface area contributed by atoms with E-state index in [2.05, 4.69) is 0 Å². The fourth-order valence-corrected chi connectivity index (χ4v) is 0.936. The van der Waals surface area contributed by atoms with Crippen LogP contribution in [0.1, 0.15) is 51.9 Å². The van der Waals surface area contributed by atoms with Gasteiger partial charge >= 0.3 is 0 Å². The van der Waals surface area contributed by atoms with E-state index < -0.39 is 0 Å². The van der Waals surface area contributed by atoms with Crippen molar-refractivity contribution in [2.75, 3.05) is 0 Å². The molecule has 0 aliphatic heterocycles. The summed E-state index contributed by atoms with van der Waals surface area (Å²) in [6, 6.07) is 9.38. The Balaban J connectivity index is -0.000000271. The van der Waals surface area contributed by atoms with Crippen molar-refractivity contribution in [3.63, 3.8) is 0 Å². The summed E-state index contributed by atoms with van der Waals surface area (Å²) in [4.78, 5) is 11.3. The molecule has 0 saturated carbocycles.